The maximum absolute atomic E-state index is 15.1. The monoisotopic (exact) mass is 460 g/mol. The summed E-state index contributed by atoms with van der Waals surface area (Å²) in [4.78, 5) is 0. The van der Waals surface area contributed by atoms with Crippen LogP contribution in [-0.2, 0) is 6.42 Å². The molecule has 1 unspecified atom stereocenters. The van der Waals surface area contributed by atoms with Gasteiger partial charge in [0.25, 0.3) is 0 Å². The molecule has 0 aromatic heterocycles. The lowest BCUT2D eigenvalue weighted by Crippen LogP contribution is -2.27. The first-order valence-corrected chi connectivity index (χ1v) is 12.2. The molecule has 3 aromatic rings. The van der Waals surface area contributed by atoms with Crippen molar-refractivity contribution >= 4 is 0 Å². The average molecular weight is 461 g/mol. The fourth-order valence-electron chi connectivity index (χ4n) is 5.12. The van der Waals surface area contributed by atoms with Gasteiger partial charge >= 0.3 is 0 Å². The average Bonchev–Trinajstić information content (AvgIpc) is 3.54. The predicted octanol–water partition coefficient (Wildman–Crippen LogP) is 7.20. The SMILES string of the molecule is Cc1cc(OCC(C)(C)O)cc(C)c1-c1ccc(F)c2c1CCC2Oc1ccc(C2CC2)cc1. The van der Waals surface area contributed by atoms with Crippen molar-refractivity contribution in [2.75, 3.05) is 6.61 Å². The molecule has 1 saturated carbocycles. The van der Waals surface area contributed by atoms with Crippen LogP contribution in [0.15, 0.2) is 48.5 Å². The number of fused-ring (bicyclic) bond motifs is 1. The number of rotatable bonds is 7. The van der Waals surface area contributed by atoms with E-state index in [-0.39, 0.29) is 18.5 Å². The minimum atomic E-state index is -0.897. The Morgan fingerprint density at radius 2 is 1.62 bits per heavy atom. The summed E-state index contributed by atoms with van der Waals surface area (Å²) in [5.74, 6) is 2.04. The van der Waals surface area contributed by atoms with Gasteiger partial charge < -0.3 is 14.6 Å². The van der Waals surface area contributed by atoms with Crippen LogP contribution in [0.2, 0.25) is 0 Å². The van der Waals surface area contributed by atoms with Crippen molar-refractivity contribution in [1.29, 1.82) is 0 Å². The molecular weight excluding hydrogens is 427 g/mol. The molecule has 0 amide bonds. The molecule has 1 fully saturated rings. The lowest BCUT2D eigenvalue weighted by Gasteiger charge is -2.21. The largest absolute Gasteiger partial charge is 0.491 e. The number of aryl methyl sites for hydroxylation is 2. The molecule has 34 heavy (non-hydrogen) atoms. The number of hydrogen-bond donors (Lipinski definition) is 1. The number of benzene rings is 3. The van der Waals surface area contributed by atoms with Gasteiger partial charge in [0.2, 0.25) is 0 Å². The molecule has 3 aromatic carbocycles. The van der Waals surface area contributed by atoms with Gasteiger partial charge in [0.05, 0.1) is 5.60 Å². The molecule has 4 heteroatoms. The minimum absolute atomic E-state index is 0.198. The van der Waals surface area contributed by atoms with Crippen molar-refractivity contribution < 1.29 is 19.0 Å². The van der Waals surface area contributed by atoms with Crippen LogP contribution in [0.1, 0.15) is 72.9 Å². The Balaban J connectivity index is 1.43. The Labute approximate surface area is 201 Å². The molecule has 0 spiro atoms. The van der Waals surface area contributed by atoms with Gasteiger partial charge in [-0.25, -0.2) is 4.39 Å². The quantitative estimate of drug-likeness (QED) is 0.405. The number of aliphatic hydroxyl groups is 1. The van der Waals surface area contributed by atoms with Crippen LogP contribution >= 0.6 is 0 Å². The highest BCUT2D eigenvalue weighted by Gasteiger charge is 2.31. The van der Waals surface area contributed by atoms with Crippen LogP contribution in [0.3, 0.4) is 0 Å². The molecule has 0 saturated heterocycles. The van der Waals surface area contributed by atoms with E-state index in [1.165, 1.54) is 18.4 Å². The van der Waals surface area contributed by atoms with Crippen molar-refractivity contribution in [1.82, 2.24) is 0 Å². The van der Waals surface area contributed by atoms with Crippen molar-refractivity contribution in [2.45, 2.75) is 71.0 Å². The Kier molecular flexibility index (Phi) is 5.89. The summed E-state index contributed by atoms with van der Waals surface area (Å²) in [6, 6.07) is 15.8. The normalized spacial score (nSPS) is 17.5. The Hall–Kier alpha value is -2.85. The van der Waals surface area contributed by atoms with E-state index in [4.69, 9.17) is 9.47 Å². The number of hydrogen-bond acceptors (Lipinski definition) is 3. The highest BCUT2D eigenvalue weighted by Crippen LogP contribution is 2.44. The Morgan fingerprint density at radius 1 is 0.941 bits per heavy atom. The molecule has 1 atom stereocenters. The Bertz CT molecular complexity index is 1180. The van der Waals surface area contributed by atoms with Gasteiger partial charge in [-0.05, 0) is 123 Å². The van der Waals surface area contributed by atoms with Crippen LogP contribution in [-0.4, -0.2) is 17.3 Å². The second kappa shape index (κ2) is 8.74. The highest BCUT2D eigenvalue weighted by atomic mass is 19.1. The lowest BCUT2D eigenvalue weighted by molar-refractivity contribution is 0.0284. The zero-order valence-corrected chi connectivity index (χ0v) is 20.5. The molecule has 5 rings (SSSR count). The van der Waals surface area contributed by atoms with E-state index in [9.17, 15) is 5.11 Å². The molecule has 0 aliphatic heterocycles. The fourth-order valence-corrected chi connectivity index (χ4v) is 5.12. The summed E-state index contributed by atoms with van der Waals surface area (Å²) in [5.41, 5.74) is 6.51. The predicted molar refractivity (Wildman–Crippen MR) is 133 cm³/mol. The number of ether oxygens (including phenoxy) is 2. The zero-order chi connectivity index (χ0) is 24.0. The summed E-state index contributed by atoms with van der Waals surface area (Å²) in [5, 5.41) is 9.98. The van der Waals surface area contributed by atoms with E-state index in [0.29, 0.717) is 11.5 Å². The van der Waals surface area contributed by atoms with E-state index >= 15 is 4.39 Å². The van der Waals surface area contributed by atoms with Crippen molar-refractivity contribution in [3.8, 4) is 22.6 Å². The molecule has 1 N–H and O–H groups in total. The molecule has 3 nitrogen and oxygen atoms in total. The fraction of sp³-hybridized carbons (Fsp3) is 0.400. The van der Waals surface area contributed by atoms with Crippen LogP contribution < -0.4 is 9.47 Å². The number of halogens is 1. The van der Waals surface area contributed by atoms with Gasteiger partial charge in [0, 0.05) is 5.56 Å². The second-order valence-electron chi connectivity index (χ2n) is 10.5. The molecule has 178 valence electrons. The first-order valence-electron chi connectivity index (χ1n) is 12.2. The third kappa shape index (κ3) is 4.69. The van der Waals surface area contributed by atoms with Gasteiger partial charge in [-0.3, -0.25) is 0 Å². The third-order valence-corrected chi connectivity index (χ3v) is 6.86. The van der Waals surface area contributed by atoms with Crippen LogP contribution in [0.4, 0.5) is 4.39 Å². The zero-order valence-electron chi connectivity index (χ0n) is 20.5. The standard InChI is InChI=1S/C30H33FO3/c1-18-15-23(33-17-30(3,4)32)16-19(2)28(18)24-11-13-26(31)29-25(24)12-14-27(29)34-22-9-7-21(8-10-22)20-5-6-20/h7-11,13,15-16,20,27,32H,5-6,12,14,17H2,1-4H3. The second-order valence-corrected chi connectivity index (χ2v) is 10.5. The lowest BCUT2D eigenvalue weighted by atomic mass is 9.90. The summed E-state index contributed by atoms with van der Waals surface area (Å²) >= 11 is 0. The maximum Gasteiger partial charge on any atom is 0.130 e. The van der Waals surface area contributed by atoms with E-state index in [1.807, 2.05) is 30.3 Å². The van der Waals surface area contributed by atoms with Crippen molar-refractivity contribution in [3.63, 3.8) is 0 Å². The van der Waals surface area contributed by atoms with Crippen molar-refractivity contribution in [2.24, 2.45) is 0 Å². The molecule has 2 aliphatic carbocycles. The first kappa shape index (κ1) is 22.9. The smallest absolute Gasteiger partial charge is 0.130 e. The van der Waals surface area contributed by atoms with Gasteiger partial charge in [-0.1, -0.05) is 18.2 Å². The van der Waals surface area contributed by atoms with E-state index < -0.39 is 5.60 Å². The molecule has 0 heterocycles. The summed E-state index contributed by atoms with van der Waals surface area (Å²) < 4.78 is 27.2. The maximum atomic E-state index is 15.1. The Morgan fingerprint density at radius 3 is 2.24 bits per heavy atom. The summed E-state index contributed by atoms with van der Waals surface area (Å²) in [7, 11) is 0. The van der Waals surface area contributed by atoms with Crippen molar-refractivity contribution in [3.05, 3.63) is 82.2 Å². The highest BCUT2D eigenvalue weighted by molar-refractivity contribution is 5.76. The van der Waals surface area contributed by atoms with E-state index in [2.05, 4.69) is 26.0 Å². The molecule has 0 radical (unpaired) electrons. The van der Waals surface area contributed by atoms with Crippen LogP contribution in [0.25, 0.3) is 11.1 Å². The minimum Gasteiger partial charge on any atom is -0.491 e. The van der Waals surface area contributed by atoms with Gasteiger partial charge in [-0.15, -0.1) is 0 Å². The summed E-state index contributed by atoms with van der Waals surface area (Å²) in [6.45, 7) is 7.78. The molecule has 0 bridgehead atoms. The van der Waals surface area contributed by atoms with Gasteiger partial charge in [-0.2, -0.15) is 0 Å². The first-order chi connectivity index (χ1) is 16.2. The topological polar surface area (TPSA) is 38.7 Å². The van der Waals surface area contributed by atoms with Crippen LogP contribution in [0, 0.1) is 19.7 Å². The molecular formula is C30H33FO3. The van der Waals surface area contributed by atoms with Crippen LogP contribution in [0.5, 0.6) is 11.5 Å². The third-order valence-electron chi connectivity index (χ3n) is 6.86. The van der Waals surface area contributed by atoms with Gasteiger partial charge in [0.15, 0.2) is 0 Å². The van der Waals surface area contributed by atoms with E-state index in [1.54, 1.807) is 19.9 Å². The van der Waals surface area contributed by atoms with Gasteiger partial charge in [0.1, 0.15) is 30.0 Å². The molecule has 2 aliphatic rings. The summed E-state index contributed by atoms with van der Waals surface area (Å²) in [6.07, 6.45) is 3.81. The van der Waals surface area contributed by atoms with E-state index in [0.717, 1.165) is 52.2 Å².